The second-order valence-corrected chi connectivity index (χ2v) is 7.96. The van der Waals surface area contributed by atoms with Crippen LogP contribution < -0.4 is 24.3 Å². The molecule has 0 atom stereocenters. The number of benzene rings is 2. The summed E-state index contributed by atoms with van der Waals surface area (Å²) in [6, 6.07) is 10.3. The van der Waals surface area contributed by atoms with Gasteiger partial charge in [0.15, 0.2) is 23.0 Å². The van der Waals surface area contributed by atoms with Gasteiger partial charge in [0.05, 0.1) is 27.8 Å². The lowest BCUT2D eigenvalue weighted by molar-refractivity contribution is -0.134. The van der Waals surface area contributed by atoms with Crippen molar-refractivity contribution < 1.29 is 28.5 Å². The number of ether oxygens (including phenoxy) is 4. The average Bonchev–Trinajstić information content (AvgIpc) is 2.85. The summed E-state index contributed by atoms with van der Waals surface area (Å²) < 4.78 is 22.2. The summed E-state index contributed by atoms with van der Waals surface area (Å²) in [7, 11) is 4.55. The molecule has 34 heavy (non-hydrogen) atoms. The summed E-state index contributed by atoms with van der Waals surface area (Å²) in [6.07, 6.45) is 2.76. The lowest BCUT2D eigenvalue weighted by Gasteiger charge is -2.12. The second kappa shape index (κ2) is 13.3. The third kappa shape index (κ3) is 7.25. The van der Waals surface area contributed by atoms with E-state index in [1.807, 2.05) is 13.0 Å². The SMILES string of the molecule is CCCNC(=O)/C(C#N)=C/c1ccc(OC(=O)CCc2cc(OC)c(OC)cc2Br)c(OC)c1. The molecule has 0 saturated carbocycles. The molecule has 9 heteroatoms. The van der Waals surface area contributed by atoms with Crippen LogP contribution in [-0.2, 0) is 16.0 Å². The number of hydrogen-bond donors (Lipinski definition) is 1. The van der Waals surface area contributed by atoms with Crippen molar-refractivity contribution in [1.29, 1.82) is 5.26 Å². The van der Waals surface area contributed by atoms with E-state index >= 15 is 0 Å². The highest BCUT2D eigenvalue weighted by molar-refractivity contribution is 9.10. The molecule has 0 spiro atoms. The number of rotatable bonds is 11. The van der Waals surface area contributed by atoms with Crippen LogP contribution in [0, 0.1) is 11.3 Å². The van der Waals surface area contributed by atoms with E-state index in [9.17, 15) is 14.9 Å². The topological polar surface area (TPSA) is 107 Å². The summed E-state index contributed by atoms with van der Waals surface area (Å²) >= 11 is 3.48. The van der Waals surface area contributed by atoms with E-state index in [0.29, 0.717) is 35.8 Å². The summed E-state index contributed by atoms with van der Waals surface area (Å²) in [4.78, 5) is 24.6. The Morgan fingerprint density at radius 1 is 1.03 bits per heavy atom. The largest absolute Gasteiger partial charge is 0.493 e. The summed E-state index contributed by atoms with van der Waals surface area (Å²) in [5, 5.41) is 12.0. The van der Waals surface area contributed by atoms with Gasteiger partial charge in [-0.25, -0.2) is 0 Å². The molecule has 0 radical (unpaired) electrons. The minimum atomic E-state index is -0.445. The van der Waals surface area contributed by atoms with E-state index in [1.54, 1.807) is 44.6 Å². The van der Waals surface area contributed by atoms with Crippen LogP contribution in [-0.4, -0.2) is 39.8 Å². The fourth-order valence-electron chi connectivity index (χ4n) is 3.01. The Morgan fingerprint density at radius 3 is 2.29 bits per heavy atom. The predicted molar refractivity (Wildman–Crippen MR) is 131 cm³/mol. The third-order valence-electron chi connectivity index (χ3n) is 4.77. The molecular weight excluding hydrogens is 504 g/mol. The number of esters is 1. The van der Waals surface area contributed by atoms with Crippen molar-refractivity contribution in [2.45, 2.75) is 26.2 Å². The van der Waals surface area contributed by atoms with Crippen LogP contribution in [0.4, 0.5) is 0 Å². The van der Waals surface area contributed by atoms with Gasteiger partial charge >= 0.3 is 5.97 Å². The molecule has 8 nitrogen and oxygen atoms in total. The molecule has 2 aromatic rings. The standard InChI is InChI=1S/C25H27BrN2O6/c1-5-10-28-25(30)18(15-27)11-16-6-8-20(21(12-16)31-2)34-24(29)9-7-17-13-22(32-3)23(33-4)14-19(17)26/h6,8,11-14H,5,7,9-10H2,1-4H3,(H,28,30)/b18-11+. The summed E-state index contributed by atoms with van der Waals surface area (Å²) in [5.74, 6) is 0.812. The first kappa shape index (κ1) is 26.7. The lowest BCUT2D eigenvalue weighted by Crippen LogP contribution is -2.25. The Balaban J connectivity index is 2.11. The Morgan fingerprint density at radius 2 is 1.68 bits per heavy atom. The van der Waals surface area contributed by atoms with E-state index < -0.39 is 11.9 Å². The van der Waals surface area contributed by atoms with Gasteiger partial charge in [-0.05, 0) is 54.3 Å². The van der Waals surface area contributed by atoms with Crippen molar-refractivity contribution in [3.8, 4) is 29.1 Å². The van der Waals surface area contributed by atoms with Gasteiger partial charge in [-0.3, -0.25) is 9.59 Å². The number of carbonyl (C=O) groups is 2. The molecule has 0 heterocycles. The Labute approximate surface area is 207 Å². The van der Waals surface area contributed by atoms with E-state index in [4.69, 9.17) is 18.9 Å². The number of methoxy groups -OCH3 is 3. The van der Waals surface area contributed by atoms with Crippen molar-refractivity contribution in [1.82, 2.24) is 5.32 Å². The number of aryl methyl sites for hydroxylation is 1. The molecule has 0 bridgehead atoms. The average molecular weight is 531 g/mol. The summed E-state index contributed by atoms with van der Waals surface area (Å²) in [5.41, 5.74) is 1.40. The van der Waals surface area contributed by atoms with Gasteiger partial charge in [-0.2, -0.15) is 5.26 Å². The third-order valence-corrected chi connectivity index (χ3v) is 5.51. The number of nitrogens with one attached hydrogen (secondary N) is 1. The zero-order chi connectivity index (χ0) is 25.1. The predicted octanol–water partition coefficient (Wildman–Crippen LogP) is 4.45. The van der Waals surface area contributed by atoms with E-state index in [0.717, 1.165) is 16.5 Å². The fraction of sp³-hybridized carbons (Fsp3) is 0.320. The van der Waals surface area contributed by atoms with E-state index in [2.05, 4.69) is 21.2 Å². The van der Waals surface area contributed by atoms with Gasteiger partial charge < -0.3 is 24.3 Å². The maximum atomic E-state index is 12.5. The fourth-order valence-corrected chi connectivity index (χ4v) is 3.53. The lowest BCUT2D eigenvalue weighted by atomic mass is 10.1. The molecule has 0 aliphatic heterocycles. The van der Waals surface area contributed by atoms with Gasteiger partial charge in [0.25, 0.3) is 5.91 Å². The van der Waals surface area contributed by atoms with Gasteiger partial charge in [-0.15, -0.1) is 0 Å². The first-order chi connectivity index (χ1) is 16.4. The van der Waals surface area contributed by atoms with Crippen molar-refractivity contribution in [3.63, 3.8) is 0 Å². The highest BCUT2D eigenvalue weighted by atomic mass is 79.9. The molecule has 0 saturated heterocycles. The minimum absolute atomic E-state index is 0.0271. The van der Waals surface area contributed by atoms with Crippen molar-refractivity contribution >= 4 is 33.9 Å². The number of hydrogen-bond acceptors (Lipinski definition) is 7. The number of amides is 1. The molecule has 180 valence electrons. The molecule has 1 N–H and O–H groups in total. The maximum absolute atomic E-state index is 12.5. The smallest absolute Gasteiger partial charge is 0.311 e. The normalized spacial score (nSPS) is 10.8. The first-order valence-corrected chi connectivity index (χ1v) is 11.3. The van der Waals surface area contributed by atoms with Crippen LogP contribution in [0.2, 0.25) is 0 Å². The van der Waals surface area contributed by atoms with Crippen LogP contribution in [0.25, 0.3) is 6.08 Å². The molecule has 2 rings (SSSR count). The molecular formula is C25H27BrN2O6. The van der Waals surface area contributed by atoms with Crippen LogP contribution >= 0.6 is 15.9 Å². The maximum Gasteiger partial charge on any atom is 0.311 e. The molecule has 1 amide bonds. The van der Waals surface area contributed by atoms with Gasteiger partial charge in [0.2, 0.25) is 0 Å². The Kier molecular flexibility index (Phi) is 10.4. The van der Waals surface area contributed by atoms with Gasteiger partial charge in [0, 0.05) is 11.0 Å². The first-order valence-electron chi connectivity index (χ1n) is 10.6. The van der Waals surface area contributed by atoms with Crippen LogP contribution in [0.15, 0.2) is 40.4 Å². The molecule has 0 fully saturated rings. The highest BCUT2D eigenvalue weighted by Crippen LogP contribution is 2.34. The zero-order valence-corrected chi connectivity index (χ0v) is 21.2. The van der Waals surface area contributed by atoms with Crippen LogP contribution in [0.3, 0.4) is 0 Å². The quantitative estimate of drug-likeness (QED) is 0.198. The monoisotopic (exact) mass is 530 g/mol. The Bertz CT molecular complexity index is 1110. The summed E-state index contributed by atoms with van der Waals surface area (Å²) in [6.45, 7) is 2.41. The molecule has 2 aromatic carbocycles. The number of nitrogens with zero attached hydrogens (tertiary/aromatic N) is 1. The minimum Gasteiger partial charge on any atom is -0.493 e. The Hall–Kier alpha value is -3.51. The molecule has 0 aromatic heterocycles. The van der Waals surface area contributed by atoms with Crippen molar-refractivity contribution in [2.75, 3.05) is 27.9 Å². The van der Waals surface area contributed by atoms with Gasteiger partial charge in [0.1, 0.15) is 11.6 Å². The molecule has 0 aliphatic rings. The zero-order valence-electron chi connectivity index (χ0n) is 19.6. The second-order valence-electron chi connectivity index (χ2n) is 7.11. The van der Waals surface area contributed by atoms with E-state index in [1.165, 1.54) is 13.2 Å². The van der Waals surface area contributed by atoms with Gasteiger partial charge in [-0.1, -0.05) is 28.9 Å². The molecule has 0 aliphatic carbocycles. The van der Waals surface area contributed by atoms with Crippen molar-refractivity contribution in [2.24, 2.45) is 0 Å². The van der Waals surface area contributed by atoms with Crippen LogP contribution in [0.5, 0.6) is 23.0 Å². The number of carbonyl (C=O) groups excluding carboxylic acids is 2. The highest BCUT2D eigenvalue weighted by Gasteiger charge is 2.15. The van der Waals surface area contributed by atoms with Crippen LogP contribution in [0.1, 0.15) is 30.9 Å². The number of nitriles is 1. The molecule has 0 unspecified atom stereocenters. The van der Waals surface area contributed by atoms with E-state index in [-0.39, 0.29) is 17.7 Å². The number of halogens is 1. The van der Waals surface area contributed by atoms with Crippen molar-refractivity contribution in [3.05, 3.63) is 51.5 Å².